The second-order valence-electron chi connectivity index (χ2n) is 5.70. The fourth-order valence-corrected chi connectivity index (χ4v) is 2.21. The van der Waals surface area contributed by atoms with E-state index in [9.17, 15) is 20.0 Å². The number of rotatable bonds is 7. The molecule has 9 heteroatoms. The number of para-hydroxylation sites is 1. The van der Waals surface area contributed by atoms with Gasteiger partial charge in [0.15, 0.2) is 11.5 Å². The molecular weight excluding hydrogens is 354 g/mol. The number of hydrogen-bond acceptors (Lipinski definition) is 7. The minimum Gasteiger partial charge on any atom is -0.504 e. The first-order chi connectivity index (χ1) is 12.8. The van der Waals surface area contributed by atoms with E-state index in [0.29, 0.717) is 5.75 Å². The molecule has 0 radical (unpaired) electrons. The molecule has 2 N–H and O–H groups in total. The monoisotopic (exact) mass is 373 g/mol. The first-order valence-corrected chi connectivity index (χ1v) is 7.98. The molecule has 27 heavy (non-hydrogen) atoms. The Morgan fingerprint density at radius 2 is 2.00 bits per heavy atom. The van der Waals surface area contributed by atoms with Crippen LogP contribution in [0.2, 0.25) is 0 Å². The van der Waals surface area contributed by atoms with Crippen molar-refractivity contribution in [1.29, 1.82) is 0 Å². The van der Waals surface area contributed by atoms with Gasteiger partial charge in [0.05, 0.1) is 36.0 Å². The van der Waals surface area contributed by atoms with Crippen molar-refractivity contribution in [2.75, 3.05) is 7.11 Å². The SMILES string of the molecule is COc1cc([N+](=O)[O-])cc(/C=N/NC(=O)c2ccccc2OC(C)C)c1O. The Balaban J connectivity index is 2.22. The number of aromatic hydroxyl groups is 1. The number of carbonyl (C=O) groups is 1. The van der Waals surface area contributed by atoms with Crippen molar-refractivity contribution >= 4 is 17.8 Å². The van der Waals surface area contributed by atoms with E-state index in [0.717, 1.165) is 18.3 Å². The molecule has 1 amide bonds. The first-order valence-electron chi connectivity index (χ1n) is 7.98. The average Bonchev–Trinajstić information content (AvgIpc) is 2.62. The third kappa shape index (κ3) is 4.94. The molecule has 0 saturated heterocycles. The van der Waals surface area contributed by atoms with Gasteiger partial charge < -0.3 is 14.6 Å². The number of nitro benzene ring substituents is 1. The van der Waals surface area contributed by atoms with Crippen LogP contribution in [0.1, 0.15) is 29.8 Å². The van der Waals surface area contributed by atoms with Gasteiger partial charge in [-0.25, -0.2) is 5.43 Å². The number of carbonyl (C=O) groups excluding carboxylic acids is 1. The van der Waals surface area contributed by atoms with Crippen molar-refractivity contribution in [2.24, 2.45) is 5.10 Å². The molecule has 0 fully saturated rings. The molecule has 0 unspecified atom stereocenters. The van der Waals surface area contributed by atoms with Gasteiger partial charge >= 0.3 is 0 Å². The number of benzene rings is 2. The minimum absolute atomic E-state index is 0.0214. The number of amides is 1. The van der Waals surface area contributed by atoms with Gasteiger partial charge in [-0.2, -0.15) is 5.10 Å². The van der Waals surface area contributed by atoms with Crippen molar-refractivity contribution < 1.29 is 24.3 Å². The van der Waals surface area contributed by atoms with Crippen molar-refractivity contribution in [3.63, 3.8) is 0 Å². The van der Waals surface area contributed by atoms with E-state index >= 15 is 0 Å². The second-order valence-corrected chi connectivity index (χ2v) is 5.70. The van der Waals surface area contributed by atoms with Gasteiger partial charge in [-0.05, 0) is 26.0 Å². The van der Waals surface area contributed by atoms with Crippen LogP contribution in [0.3, 0.4) is 0 Å². The van der Waals surface area contributed by atoms with Crippen molar-refractivity contribution in [3.05, 3.63) is 57.6 Å². The van der Waals surface area contributed by atoms with Gasteiger partial charge in [-0.1, -0.05) is 12.1 Å². The van der Waals surface area contributed by atoms with Crippen LogP contribution in [0.15, 0.2) is 41.5 Å². The van der Waals surface area contributed by atoms with E-state index in [1.165, 1.54) is 7.11 Å². The molecule has 0 aliphatic heterocycles. The molecule has 2 aromatic rings. The third-order valence-electron chi connectivity index (χ3n) is 3.38. The zero-order chi connectivity index (χ0) is 20.0. The average molecular weight is 373 g/mol. The number of phenols is 1. The number of hydrazone groups is 1. The molecule has 0 aliphatic carbocycles. The summed E-state index contributed by atoms with van der Waals surface area (Å²) in [4.78, 5) is 22.7. The molecule has 0 spiro atoms. The highest BCUT2D eigenvalue weighted by Crippen LogP contribution is 2.33. The van der Waals surface area contributed by atoms with Crippen LogP contribution >= 0.6 is 0 Å². The van der Waals surface area contributed by atoms with E-state index in [1.54, 1.807) is 24.3 Å². The molecule has 2 rings (SSSR count). The summed E-state index contributed by atoms with van der Waals surface area (Å²) in [5, 5.41) is 24.8. The standard InChI is InChI=1S/C18H19N3O6/c1-11(2)27-15-7-5-4-6-14(15)18(23)20-19-10-12-8-13(21(24)25)9-16(26-3)17(12)22/h4-11,22H,1-3H3,(H,20,23)/b19-10+. The summed E-state index contributed by atoms with van der Waals surface area (Å²) in [5.74, 6) is -0.531. The van der Waals surface area contributed by atoms with Crippen LogP contribution in [0, 0.1) is 10.1 Å². The van der Waals surface area contributed by atoms with E-state index < -0.39 is 10.8 Å². The van der Waals surface area contributed by atoms with Crippen LogP contribution in [0.25, 0.3) is 0 Å². The van der Waals surface area contributed by atoms with Crippen molar-refractivity contribution in [1.82, 2.24) is 5.43 Å². The summed E-state index contributed by atoms with van der Waals surface area (Å²) in [6, 6.07) is 8.87. The molecule has 2 aromatic carbocycles. The van der Waals surface area contributed by atoms with Crippen molar-refractivity contribution in [3.8, 4) is 17.2 Å². The summed E-state index contributed by atoms with van der Waals surface area (Å²) < 4.78 is 10.5. The Kier molecular flexibility index (Phi) is 6.32. The summed E-state index contributed by atoms with van der Waals surface area (Å²) in [7, 11) is 1.27. The first kappa shape index (κ1) is 19.7. The van der Waals surface area contributed by atoms with Crippen LogP contribution in [0.5, 0.6) is 17.2 Å². The van der Waals surface area contributed by atoms with Gasteiger partial charge in [0.2, 0.25) is 0 Å². The zero-order valence-electron chi connectivity index (χ0n) is 15.0. The van der Waals surface area contributed by atoms with Gasteiger partial charge in [0, 0.05) is 11.6 Å². The molecule has 0 atom stereocenters. The normalized spacial score (nSPS) is 10.8. The van der Waals surface area contributed by atoms with E-state index in [-0.39, 0.29) is 34.4 Å². The summed E-state index contributed by atoms with van der Waals surface area (Å²) >= 11 is 0. The molecule has 0 aliphatic rings. The zero-order valence-corrected chi connectivity index (χ0v) is 15.0. The second kappa shape index (κ2) is 8.65. The van der Waals surface area contributed by atoms with Crippen molar-refractivity contribution in [2.45, 2.75) is 20.0 Å². The molecule has 0 saturated carbocycles. The highest BCUT2D eigenvalue weighted by molar-refractivity contribution is 5.97. The number of non-ortho nitro benzene ring substituents is 1. The van der Waals surface area contributed by atoms with Crippen LogP contribution < -0.4 is 14.9 Å². The topological polar surface area (TPSA) is 123 Å². The predicted molar refractivity (Wildman–Crippen MR) is 98.6 cm³/mol. The molecule has 0 heterocycles. The summed E-state index contributed by atoms with van der Waals surface area (Å²) in [6.45, 7) is 3.68. The van der Waals surface area contributed by atoms with Gasteiger partial charge in [0.1, 0.15) is 5.75 Å². The van der Waals surface area contributed by atoms with Crippen LogP contribution in [-0.4, -0.2) is 35.4 Å². The lowest BCUT2D eigenvalue weighted by atomic mass is 10.1. The largest absolute Gasteiger partial charge is 0.504 e. The highest BCUT2D eigenvalue weighted by atomic mass is 16.6. The van der Waals surface area contributed by atoms with E-state index in [4.69, 9.17) is 9.47 Å². The molecule has 0 bridgehead atoms. The van der Waals surface area contributed by atoms with E-state index in [2.05, 4.69) is 10.5 Å². The molecule has 0 aromatic heterocycles. The smallest absolute Gasteiger partial charge is 0.275 e. The number of methoxy groups -OCH3 is 1. The lowest BCUT2D eigenvalue weighted by Gasteiger charge is -2.12. The number of phenolic OH excluding ortho intramolecular Hbond substituents is 1. The Hall–Kier alpha value is -3.62. The maximum atomic E-state index is 12.3. The number of ether oxygens (including phenoxy) is 2. The maximum Gasteiger partial charge on any atom is 0.275 e. The van der Waals surface area contributed by atoms with Gasteiger partial charge in [-0.15, -0.1) is 0 Å². The fraction of sp³-hybridized carbons (Fsp3) is 0.222. The van der Waals surface area contributed by atoms with Gasteiger partial charge in [0.25, 0.3) is 11.6 Å². The quantitative estimate of drug-likeness (QED) is 0.437. The lowest BCUT2D eigenvalue weighted by Crippen LogP contribution is -2.19. The maximum absolute atomic E-state index is 12.3. The molecular formula is C18H19N3O6. The number of nitro groups is 1. The number of nitrogens with one attached hydrogen (secondary N) is 1. The van der Waals surface area contributed by atoms with Crippen LogP contribution in [0.4, 0.5) is 5.69 Å². The van der Waals surface area contributed by atoms with Gasteiger partial charge in [-0.3, -0.25) is 14.9 Å². The Morgan fingerprint density at radius 1 is 1.30 bits per heavy atom. The summed E-state index contributed by atoms with van der Waals surface area (Å²) in [5.41, 5.74) is 2.32. The molecule has 142 valence electrons. The number of nitrogens with zero attached hydrogens (tertiary/aromatic N) is 2. The van der Waals surface area contributed by atoms with Crippen LogP contribution in [-0.2, 0) is 0 Å². The predicted octanol–water partition coefficient (Wildman–Crippen LogP) is 2.86. The third-order valence-corrected chi connectivity index (χ3v) is 3.38. The summed E-state index contributed by atoms with van der Waals surface area (Å²) in [6.07, 6.45) is 0.978. The Morgan fingerprint density at radius 3 is 2.63 bits per heavy atom. The Bertz CT molecular complexity index is 879. The van der Waals surface area contributed by atoms with E-state index in [1.807, 2.05) is 13.8 Å². The number of hydrogen-bond donors (Lipinski definition) is 2. The highest BCUT2D eigenvalue weighted by Gasteiger charge is 2.16. The lowest BCUT2D eigenvalue weighted by molar-refractivity contribution is -0.385. The minimum atomic E-state index is -0.628. The molecule has 9 nitrogen and oxygen atoms in total. The fourth-order valence-electron chi connectivity index (χ4n) is 2.21. The Labute approximate surface area is 155 Å².